The van der Waals surface area contributed by atoms with Gasteiger partial charge in [0.1, 0.15) is 10.8 Å². The Balaban J connectivity index is 1.17. The number of hydrogen-bond donors (Lipinski definition) is 0. The zero-order valence-electron chi connectivity index (χ0n) is 19.4. The SMILES string of the molecule is C[C@@H]1CCCN1CCCOc1ccc(-c2nc3c(s2)CN(S(=O)(=O)N2CCCC2)CC3)cc1. The van der Waals surface area contributed by atoms with E-state index in [1.165, 1.54) is 19.4 Å². The van der Waals surface area contributed by atoms with E-state index >= 15 is 0 Å². The summed E-state index contributed by atoms with van der Waals surface area (Å²) in [6.45, 7) is 7.60. The summed E-state index contributed by atoms with van der Waals surface area (Å²) >= 11 is 1.61. The Bertz CT molecular complexity index is 1050. The van der Waals surface area contributed by atoms with E-state index in [0.717, 1.165) is 59.3 Å². The van der Waals surface area contributed by atoms with Crippen molar-refractivity contribution >= 4 is 21.5 Å². The first-order chi connectivity index (χ1) is 16.0. The molecule has 0 saturated carbocycles. The van der Waals surface area contributed by atoms with Crippen molar-refractivity contribution in [1.82, 2.24) is 18.5 Å². The molecule has 3 aliphatic rings. The van der Waals surface area contributed by atoms with Crippen molar-refractivity contribution in [3.63, 3.8) is 0 Å². The number of ether oxygens (including phenoxy) is 1. The zero-order valence-corrected chi connectivity index (χ0v) is 21.0. The minimum Gasteiger partial charge on any atom is -0.494 e. The van der Waals surface area contributed by atoms with E-state index in [2.05, 4.69) is 24.0 Å². The smallest absolute Gasteiger partial charge is 0.282 e. The average Bonchev–Trinajstić information content (AvgIpc) is 3.58. The normalized spacial score (nSPS) is 22.6. The highest BCUT2D eigenvalue weighted by molar-refractivity contribution is 7.86. The quantitative estimate of drug-likeness (QED) is 0.527. The second kappa shape index (κ2) is 10.00. The van der Waals surface area contributed by atoms with Crippen molar-refractivity contribution in [1.29, 1.82) is 0 Å². The highest BCUT2D eigenvalue weighted by Crippen LogP contribution is 2.34. The van der Waals surface area contributed by atoms with E-state index in [4.69, 9.17) is 9.72 Å². The summed E-state index contributed by atoms with van der Waals surface area (Å²) in [6.07, 6.45) is 6.27. The number of likely N-dealkylation sites (tertiary alicyclic amines) is 1. The lowest BCUT2D eigenvalue weighted by Gasteiger charge is -2.29. The molecule has 5 rings (SSSR count). The van der Waals surface area contributed by atoms with Crippen LogP contribution < -0.4 is 4.74 Å². The van der Waals surface area contributed by atoms with Crippen LogP contribution in [0.25, 0.3) is 10.6 Å². The highest BCUT2D eigenvalue weighted by Gasteiger charge is 2.35. The molecule has 2 aromatic rings. The molecule has 1 atom stereocenters. The lowest BCUT2D eigenvalue weighted by atomic mass is 10.2. The van der Waals surface area contributed by atoms with Crippen LogP contribution in [0.3, 0.4) is 0 Å². The third-order valence-electron chi connectivity index (χ3n) is 7.06. The zero-order chi connectivity index (χ0) is 22.8. The fourth-order valence-electron chi connectivity index (χ4n) is 5.05. The molecule has 4 heterocycles. The van der Waals surface area contributed by atoms with Gasteiger partial charge in [-0.05, 0) is 69.8 Å². The molecule has 0 unspecified atom stereocenters. The van der Waals surface area contributed by atoms with Gasteiger partial charge in [-0.2, -0.15) is 17.0 Å². The van der Waals surface area contributed by atoms with Gasteiger partial charge in [0, 0.05) is 49.1 Å². The van der Waals surface area contributed by atoms with Gasteiger partial charge in [0.2, 0.25) is 0 Å². The summed E-state index contributed by atoms with van der Waals surface area (Å²) in [5.74, 6) is 0.887. The summed E-state index contributed by atoms with van der Waals surface area (Å²) in [6, 6.07) is 8.85. The van der Waals surface area contributed by atoms with E-state index < -0.39 is 10.2 Å². The Morgan fingerprint density at radius 3 is 2.58 bits per heavy atom. The largest absolute Gasteiger partial charge is 0.494 e. The molecule has 1 aromatic carbocycles. The molecule has 33 heavy (non-hydrogen) atoms. The van der Waals surface area contributed by atoms with E-state index in [-0.39, 0.29) is 0 Å². The molecule has 0 spiro atoms. The number of rotatable bonds is 8. The van der Waals surface area contributed by atoms with Gasteiger partial charge in [-0.1, -0.05) is 0 Å². The van der Waals surface area contributed by atoms with Crippen molar-refractivity contribution < 1.29 is 13.2 Å². The van der Waals surface area contributed by atoms with Crippen LogP contribution in [-0.2, 0) is 23.2 Å². The van der Waals surface area contributed by atoms with Gasteiger partial charge in [-0.3, -0.25) is 0 Å². The van der Waals surface area contributed by atoms with Crippen LogP contribution in [0, 0.1) is 0 Å². The molecule has 1 aromatic heterocycles. The van der Waals surface area contributed by atoms with E-state index in [1.54, 1.807) is 19.9 Å². The molecule has 2 saturated heterocycles. The topological polar surface area (TPSA) is 66.0 Å². The molecular formula is C24H34N4O3S2. The third kappa shape index (κ3) is 5.12. The maximum absolute atomic E-state index is 12.9. The first-order valence-electron chi connectivity index (χ1n) is 12.2. The Labute approximate surface area is 201 Å². The van der Waals surface area contributed by atoms with Crippen LogP contribution >= 0.6 is 11.3 Å². The van der Waals surface area contributed by atoms with Crippen molar-refractivity contribution in [2.45, 2.75) is 58.0 Å². The van der Waals surface area contributed by atoms with E-state index in [9.17, 15) is 8.42 Å². The molecule has 0 aliphatic carbocycles. The van der Waals surface area contributed by atoms with Crippen LogP contribution in [0.5, 0.6) is 5.75 Å². The third-order valence-corrected chi connectivity index (χ3v) is 10.2. The monoisotopic (exact) mass is 490 g/mol. The Morgan fingerprint density at radius 2 is 1.85 bits per heavy atom. The first kappa shape index (κ1) is 23.2. The first-order valence-corrected chi connectivity index (χ1v) is 14.4. The van der Waals surface area contributed by atoms with Crippen LogP contribution in [-0.4, -0.2) is 72.3 Å². The second-order valence-corrected chi connectivity index (χ2v) is 12.4. The summed E-state index contributed by atoms with van der Waals surface area (Å²) in [5, 5.41) is 0.954. The molecular weight excluding hydrogens is 456 g/mol. The number of hydrogen-bond acceptors (Lipinski definition) is 6. The molecule has 9 heteroatoms. The molecule has 0 bridgehead atoms. The number of fused-ring (bicyclic) bond motifs is 1. The predicted molar refractivity (Wildman–Crippen MR) is 132 cm³/mol. The molecule has 2 fully saturated rings. The molecule has 0 amide bonds. The maximum Gasteiger partial charge on any atom is 0.282 e. The average molecular weight is 491 g/mol. The van der Waals surface area contributed by atoms with Crippen LogP contribution in [0.15, 0.2) is 24.3 Å². The van der Waals surface area contributed by atoms with Crippen LogP contribution in [0.2, 0.25) is 0 Å². The molecule has 0 radical (unpaired) electrons. The minimum absolute atomic E-state index is 0.433. The lowest BCUT2D eigenvalue weighted by molar-refractivity contribution is 0.230. The molecule has 7 nitrogen and oxygen atoms in total. The number of nitrogens with zero attached hydrogens (tertiary/aromatic N) is 4. The second-order valence-electron chi connectivity index (χ2n) is 9.34. The number of thiazole rings is 1. The lowest BCUT2D eigenvalue weighted by Crippen LogP contribution is -2.44. The van der Waals surface area contributed by atoms with Crippen molar-refractivity contribution in [3.8, 4) is 16.3 Å². The van der Waals surface area contributed by atoms with Gasteiger partial charge in [0.15, 0.2) is 0 Å². The van der Waals surface area contributed by atoms with Crippen molar-refractivity contribution in [3.05, 3.63) is 34.8 Å². The van der Waals surface area contributed by atoms with Crippen LogP contribution in [0.4, 0.5) is 0 Å². The summed E-state index contributed by atoms with van der Waals surface area (Å²) in [7, 11) is -3.36. The van der Waals surface area contributed by atoms with Crippen molar-refractivity contribution in [2.75, 3.05) is 39.3 Å². The van der Waals surface area contributed by atoms with Gasteiger partial charge in [-0.15, -0.1) is 11.3 Å². The Kier molecular flexibility index (Phi) is 7.04. The van der Waals surface area contributed by atoms with Gasteiger partial charge in [-0.25, -0.2) is 4.98 Å². The Morgan fingerprint density at radius 1 is 1.06 bits per heavy atom. The van der Waals surface area contributed by atoms with E-state index in [0.29, 0.717) is 38.6 Å². The Hall–Kier alpha value is -1.52. The standard InChI is InChI=1S/C24H34N4O3S2/c1-19-6-4-12-26(19)13-5-17-31-21-9-7-20(8-10-21)24-25-22-11-16-28(18-23(22)32-24)33(29,30)27-14-2-3-15-27/h7-10,19H,2-6,11-18H2,1H3/t19-/m1/s1. The summed E-state index contributed by atoms with van der Waals surface area (Å²) in [4.78, 5) is 8.44. The maximum atomic E-state index is 12.9. The predicted octanol–water partition coefficient (Wildman–Crippen LogP) is 3.76. The van der Waals surface area contributed by atoms with Gasteiger partial charge >= 0.3 is 0 Å². The summed E-state index contributed by atoms with van der Waals surface area (Å²) in [5.41, 5.74) is 2.10. The van der Waals surface area contributed by atoms with Crippen molar-refractivity contribution in [2.24, 2.45) is 0 Å². The molecule has 180 valence electrons. The van der Waals surface area contributed by atoms with Gasteiger partial charge in [0.05, 0.1) is 18.8 Å². The fourth-order valence-corrected chi connectivity index (χ4v) is 7.92. The number of aromatic nitrogens is 1. The van der Waals surface area contributed by atoms with Crippen LogP contribution in [0.1, 0.15) is 49.6 Å². The van der Waals surface area contributed by atoms with Gasteiger partial charge in [0.25, 0.3) is 10.2 Å². The van der Waals surface area contributed by atoms with Gasteiger partial charge < -0.3 is 9.64 Å². The highest BCUT2D eigenvalue weighted by atomic mass is 32.2. The fraction of sp³-hybridized carbons (Fsp3) is 0.625. The minimum atomic E-state index is -3.36. The number of benzene rings is 1. The summed E-state index contributed by atoms with van der Waals surface area (Å²) < 4.78 is 35.1. The van der Waals surface area contributed by atoms with E-state index in [1.807, 2.05) is 12.1 Å². The molecule has 3 aliphatic heterocycles. The molecule has 0 N–H and O–H groups in total.